The van der Waals surface area contributed by atoms with Gasteiger partial charge in [0.15, 0.2) is 5.17 Å². The van der Waals surface area contributed by atoms with Gasteiger partial charge in [0.05, 0.1) is 5.02 Å². The summed E-state index contributed by atoms with van der Waals surface area (Å²) in [6.45, 7) is 0. The Balaban J connectivity index is 2.24. The molecule has 1 atom stereocenters. The fourth-order valence-electron chi connectivity index (χ4n) is 2.44. The van der Waals surface area contributed by atoms with Crippen molar-refractivity contribution in [1.29, 1.82) is 0 Å². The first-order valence-electron chi connectivity index (χ1n) is 6.31. The second-order valence-electron chi connectivity index (χ2n) is 4.85. The van der Waals surface area contributed by atoms with Crippen LogP contribution in [0, 0.1) is 5.82 Å². The fraction of sp³-hybridized carbons (Fsp3) is 0.133. The Bertz CT molecular complexity index is 767. The highest BCUT2D eigenvalue weighted by molar-refractivity contribution is 9.10. The summed E-state index contributed by atoms with van der Waals surface area (Å²) in [7, 11) is 0. The molecule has 2 N–H and O–H groups in total. The van der Waals surface area contributed by atoms with E-state index in [2.05, 4.69) is 20.9 Å². The Morgan fingerprint density at radius 2 is 1.86 bits per heavy atom. The SMILES string of the molecule is NC1=NC(c2ccc(Br)cc2)(c2cc(F)c(Cl)cc2Cl)CS1. The molecule has 0 saturated heterocycles. The van der Waals surface area contributed by atoms with E-state index in [4.69, 9.17) is 28.9 Å². The zero-order chi connectivity index (χ0) is 15.9. The van der Waals surface area contributed by atoms with E-state index in [1.807, 2.05) is 24.3 Å². The smallest absolute Gasteiger partial charge is 0.155 e. The van der Waals surface area contributed by atoms with Gasteiger partial charge in [-0.3, -0.25) is 0 Å². The maximum Gasteiger partial charge on any atom is 0.155 e. The summed E-state index contributed by atoms with van der Waals surface area (Å²) < 4.78 is 14.9. The number of aliphatic imine (C=N–C) groups is 1. The van der Waals surface area contributed by atoms with E-state index in [0.29, 0.717) is 21.5 Å². The fourth-order valence-corrected chi connectivity index (χ4v) is 4.21. The molecule has 2 aromatic carbocycles. The highest BCUT2D eigenvalue weighted by Crippen LogP contribution is 2.45. The van der Waals surface area contributed by atoms with Crippen LogP contribution in [0.5, 0.6) is 0 Å². The van der Waals surface area contributed by atoms with Crippen molar-refractivity contribution in [2.24, 2.45) is 10.7 Å². The van der Waals surface area contributed by atoms with E-state index in [0.717, 1.165) is 10.0 Å². The maximum absolute atomic E-state index is 14.0. The van der Waals surface area contributed by atoms with Crippen LogP contribution < -0.4 is 5.73 Å². The van der Waals surface area contributed by atoms with Gasteiger partial charge < -0.3 is 5.73 Å². The zero-order valence-corrected chi connectivity index (χ0v) is 15.0. The molecule has 1 aliphatic rings. The molecule has 114 valence electrons. The number of benzene rings is 2. The zero-order valence-electron chi connectivity index (χ0n) is 11.1. The van der Waals surface area contributed by atoms with Crippen LogP contribution in [0.3, 0.4) is 0 Å². The van der Waals surface area contributed by atoms with E-state index in [1.54, 1.807) is 0 Å². The van der Waals surface area contributed by atoms with E-state index in [1.165, 1.54) is 23.9 Å². The van der Waals surface area contributed by atoms with Gasteiger partial charge in [-0.1, -0.05) is 63.0 Å². The van der Waals surface area contributed by atoms with Crippen molar-refractivity contribution in [1.82, 2.24) is 0 Å². The molecule has 3 rings (SSSR count). The lowest BCUT2D eigenvalue weighted by atomic mass is 9.85. The number of hydrogen-bond acceptors (Lipinski definition) is 3. The van der Waals surface area contributed by atoms with Crippen LogP contribution in [0.4, 0.5) is 4.39 Å². The van der Waals surface area contributed by atoms with Crippen LogP contribution in [0.1, 0.15) is 11.1 Å². The van der Waals surface area contributed by atoms with Crippen molar-refractivity contribution >= 4 is 56.1 Å². The molecule has 1 heterocycles. The van der Waals surface area contributed by atoms with Gasteiger partial charge >= 0.3 is 0 Å². The number of nitrogens with two attached hydrogens (primary N) is 1. The highest BCUT2D eigenvalue weighted by atomic mass is 79.9. The first kappa shape index (κ1) is 16.1. The van der Waals surface area contributed by atoms with Gasteiger partial charge in [-0.05, 0) is 29.8 Å². The topological polar surface area (TPSA) is 38.4 Å². The lowest BCUT2D eigenvalue weighted by Gasteiger charge is -2.27. The second-order valence-corrected chi connectivity index (χ2v) is 7.58. The molecule has 1 unspecified atom stereocenters. The van der Waals surface area contributed by atoms with Crippen LogP contribution >= 0.6 is 50.9 Å². The van der Waals surface area contributed by atoms with Crippen LogP contribution in [0.2, 0.25) is 10.0 Å². The second kappa shape index (κ2) is 6.04. The minimum atomic E-state index is -0.808. The Morgan fingerprint density at radius 1 is 1.18 bits per heavy atom. The normalized spacial score (nSPS) is 21.0. The Labute approximate surface area is 150 Å². The number of amidine groups is 1. The molecule has 0 aromatic heterocycles. The molecule has 0 saturated carbocycles. The molecule has 1 aliphatic heterocycles. The van der Waals surface area contributed by atoms with Crippen molar-refractivity contribution < 1.29 is 4.39 Å². The summed E-state index contributed by atoms with van der Waals surface area (Å²) >= 11 is 16.9. The van der Waals surface area contributed by atoms with Crippen LogP contribution in [0.15, 0.2) is 45.9 Å². The molecule has 0 amide bonds. The lowest BCUT2D eigenvalue weighted by Crippen LogP contribution is -2.26. The quantitative estimate of drug-likeness (QED) is 0.679. The monoisotopic (exact) mass is 418 g/mol. The predicted octanol–water partition coefficient (Wildman–Crippen LogP) is 5.20. The van der Waals surface area contributed by atoms with Crippen molar-refractivity contribution in [2.75, 3.05) is 5.75 Å². The summed E-state index contributed by atoms with van der Waals surface area (Å²) in [6.07, 6.45) is 0. The summed E-state index contributed by atoms with van der Waals surface area (Å²) in [5.74, 6) is 0.0320. The summed E-state index contributed by atoms with van der Waals surface area (Å²) in [4.78, 5) is 4.57. The summed E-state index contributed by atoms with van der Waals surface area (Å²) in [6, 6.07) is 10.4. The molecule has 2 nitrogen and oxygen atoms in total. The predicted molar refractivity (Wildman–Crippen MR) is 95.4 cm³/mol. The lowest BCUT2D eigenvalue weighted by molar-refractivity contribution is 0.596. The Hall–Kier alpha value is -0.750. The molecule has 22 heavy (non-hydrogen) atoms. The number of thioether (sulfide) groups is 1. The summed E-state index contributed by atoms with van der Waals surface area (Å²) in [5, 5.41) is 0.810. The molecule has 0 bridgehead atoms. The highest BCUT2D eigenvalue weighted by Gasteiger charge is 2.40. The van der Waals surface area contributed by atoms with Gasteiger partial charge in [0, 0.05) is 20.8 Å². The molecule has 0 spiro atoms. The number of nitrogens with zero attached hydrogens (tertiary/aromatic N) is 1. The van der Waals surface area contributed by atoms with Crippen LogP contribution in [-0.4, -0.2) is 10.9 Å². The van der Waals surface area contributed by atoms with Gasteiger partial charge in [-0.15, -0.1) is 0 Å². The Morgan fingerprint density at radius 3 is 2.45 bits per heavy atom. The number of rotatable bonds is 2. The van der Waals surface area contributed by atoms with Crippen molar-refractivity contribution in [3.05, 3.63) is 67.9 Å². The van der Waals surface area contributed by atoms with E-state index in [-0.39, 0.29) is 5.02 Å². The minimum Gasteiger partial charge on any atom is -0.379 e. The maximum atomic E-state index is 14.0. The average molecular weight is 420 g/mol. The molecule has 0 radical (unpaired) electrons. The van der Waals surface area contributed by atoms with Gasteiger partial charge in [0.25, 0.3) is 0 Å². The largest absolute Gasteiger partial charge is 0.379 e. The van der Waals surface area contributed by atoms with Gasteiger partial charge in [0.2, 0.25) is 0 Å². The van der Waals surface area contributed by atoms with E-state index < -0.39 is 11.4 Å². The first-order valence-corrected chi connectivity index (χ1v) is 8.85. The van der Waals surface area contributed by atoms with Crippen LogP contribution in [-0.2, 0) is 5.54 Å². The standard InChI is InChI=1S/C15H10BrCl2FN2S/c16-9-3-1-8(2-4-9)15(7-22-14(20)21-15)10-5-13(19)12(18)6-11(10)17/h1-6H,7H2,(H2,20,21). The number of hydrogen-bond donors (Lipinski definition) is 1. The van der Waals surface area contributed by atoms with Gasteiger partial charge in [0.1, 0.15) is 11.4 Å². The Kier molecular flexibility index (Phi) is 4.42. The third kappa shape index (κ3) is 2.75. The summed E-state index contributed by atoms with van der Waals surface area (Å²) in [5.41, 5.74) is 6.52. The van der Waals surface area contributed by atoms with E-state index >= 15 is 0 Å². The molecule has 0 fully saturated rings. The van der Waals surface area contributed by atoms with Gasteiger partial charge in [-0.2, -0.15) is 0 Å². The van der Waals surface area contributed by atoms with Crippen molar-refractivity contribution in [3.63, 3.8) is 0 Å². The molecular weight excluding hydrogens is 410 g/mol. The number of halogens is 4. The third-order valence-corrected chi connectivity index (χ3v) is 5.59. The van der Waals surface area contributed by atoms with Gasteiger partial charge in [-0.25, -0.2) is 9.38 Å². The average Bonchev–Trinajstić information content (AvgIpc) is 2.87. The molecular formula is C15H10BrCl2FN2S. The third-order valence-electron chi connectivity index (χ3n) is 3.51. The molecule has 2 aromatic rings. The van der Waals surface area contributed by atoms with Crippen molar-refractivity contribution in [3.8, 4) is 0 Å². The van der Waals surface area contributed by atoms with Crippen LogP contribution in [0.25, 0.3) is 0 Å². The minimum absolute atomic E-state index is 0.0118. The molecule has 7 heteroatoms. The van der Waals surface area contributed by atoms with Crippen molar-refractivity contribution in [2.45, 2.75) is 5.54 Å². The first-order chi connectivity index (χ1) is 10.4. The molecule has 0 aliphatic carbocycles. The van der Waals surface area contributed by atoms with E-state index in [9.17, 15) is 4.39 Å².